The molecule has 2 heterocycles. The number of nitrogens with two attached hydrogens (primary N) is 1. The molecule has 9 nitrogen and oxygen atoms in total. The molecule has 1 aromatic carbocycles. The SMILES string of the molecule is NS(=O)(=O)c1ccc(OCCN2CCN(S(=O)(=O)c3cccnc3)CC2)cc1. The summed E-state index contributed by atoms with van der Waals surface area (Å²) in [5, 5.41) is 5.06. The zero-order chi connectivity index (χ0) is 20.2. The Labute approximate surface area is 164 Å². The lowest BCUT2D eigenvalue weighted by molar-refractivity contribution is 0.159. The molecule has 0 saturated carbocycles. The normalized spacial score (nSPS) is 16.8. The number of benzene rings is 1. The second kappa shape index (κ2) is 8.53. The third-order valence-electron chi connectivity index (χ3n) is 4.43. The van der Waals surface area contributed by atoms with E-state index in [4.69, 9.17) is 9.88 Å². The lowest BCUT2D eigenvalue weighted by Gasteiger charge is -2.33. The van der Waals surface area contributed by atoms with E-state index in [0.717, 1.165) is 0 Å². The molecule has 1 aliphatic heterocycles. The van der Waals surface area contributed by atoms with Crippen LogP contribution < -0.4 is 9.88 Å². The maximum atomic E-state index is 12.6. The van der Waals surface area contributed by atoms with Gasteiger partial charge in [0, 0.05) is 45.1 Å². The van der Waals surface area contributed by atoms with Crippen molar-refractivity contribution in [3.8, 4) is 5.75 Å². The maximum Gasteiger partial charge on any atom is 0.244 e. The molecule has 152 valence electrons. The van der Waals surface area contributed by atoms with Gasteiger partial charge in [0.25, 0.3) is 0 Å². The van der Waals surface area contributed by atoms with Crippen LogP contribution in [0.1, 0.15) is 0 Å². The zero-order valence-corrected chi connectivity index (χ0v) is 16.8. The molecule has 1 fully saturated rings. The summed E-state index contributed by atoms with van der Waals surface area (Å²) in [6.07, 6.45) is 2.90. The molecule has 0 radical (unpaired) electrons. The fourth-order valence-electron chi connectivity index (χ4n) is 2.86. The fourth-order valence-corrected chi connectivity index (χ4v) is 4.76. The van der Waals surface area contributed by atoms with Gasteiger partial charge in [0.15, 0.2) is 0 Å². The van der Waals surface area contributed by atoms with E-state index < -0.39 is 20.0 Å². The Kier molecular flexibility index (Phi) is 6.30. The summed E-state index contributed by atoms with van der Waals surface area (Å²) >= 11 is 0. The van der Waals surface area contributed by atoms with Crippen LogP contribution in [0.4, 0.5) is 0 Å². The average molecular weight is 427 g/mol. The lowest BCUT2D eigenvalue weighted by Crippen LogP contribution is -2.49. The minimum absolute atomic E-state index is 0.0331. The molecule has 3 rings (SSSR count). The van der Waals surface area contributed by atoms with Crippen LogP contribution in [0.5, 0.6) is 5.75 Å². The number of primary sulfonamides is 1. The molecule has 1 aliphatic rings. The second-order valence-corrected chi connectivity index (χ2v) is 9.80. The molecule has 2 N–H and O–H groups in total. The standard InChI is InChI=1S/C17H22N4O5S2/c18-27(22,23)16-5-3-15(4-6-16)26-13-12-20-8-10-21(11-9-20)28(24,25)17-2-1-7-19-14-17/h1-7,14H,8-13H2,(H2,18,22,23). The van der Waals surface area contributed by atoms with Gasteiger partial charge in [0.05, 0.1) is 4.90 Å². The molecule has 0 spiro atoms. The monoisotopic (exact) mass is 426 g/mol. The number of ether oxygens (including phenoxy) is 1. The molecular weight excluding hydrogens is 404 g/mol. The number of pyridine rings is 1. The van der Waals surface area contributed by atoms with Crippen LogP contribution in [0.2, 0.25) is 0 Å². The molecule has 2 aromatic rings. The highest BCUT2D eigenvalue weighted by Gasteiger charge is 2.28. The van der Waals surface area contributed by atoms with Crippen molar-refractivity contribution in [2.75, 3.05) is 39.3 Å². The Balaban J connectivity index is 1.46. The Morgan fingerprint density at radius 2 is 1.64 bits per heavy atom. The van der Waals surface area contributed by atoms with Gasteiger partial charge in [-0.05, 0) is 36.4 Å². The van der Waals surface area contributed by atoms with E-state index in [2.05, 4.69) is 9.88 Å². The van der Waals surface area contributed by atoms with Gasteiger partial charge in [-0.1, -0.05) is 0 Å². The van der Waals surface area contributed by atoms with Crippen molar-refractivity contribution in [3.63, 3.8) is 0 Å². The van der Waals surface area contributed by atoms with Crippen LogP contribution in [0.25, 0.3) is 0 Å². The van der Waals surface area contributed by atoms with E-state index in [0.29, 0.717) is 45.1 Å². The van der Waals surface area contributed by atoms with Crippen molar-refractivity contribution in [1.82, 2.24) is 14.2 Å². The topological polar surface area (TPSA) is 123 Å². The van der Waals surface area contributed by atoms with E-state index in [-0.39, 0.29) is 9.79 Å². The van der Waals surface area contributed by atoms with E-state index in [9.17, 15) is 16.8 Å². The molecule has 0 amide bonds. The van der Waals surface area contributed by atoms with Gasteiger partial charge in [-0.25, -0.2) is 22.0 Å². The van der Waals surface area contributed by atoms with Gasteiger partial charge in [-0.2, -0.15) is 4.31 Å². The van der Waals surface area contributed by atoms with Gasteiger partial charge in [0.1, 0.15) is 17.3 Å². The van der Waals surface area contributed by atoms with Gasteiger partial charge in [-0.3, -0.25) is 9.88 Å². The molecule has 0 atom stereocenters. The largest absolute Gasteiger partial charge is 0.492 e. The summed E-state index contributed by atoms with van der Waals surface area (Å²) in [7, 11) is -7.23. The molecule has 0 bridgehead atoms. The van der Waals surface area contributed by atoms with Gasteiger partial charge < -0.3 is 4.74 Å². The molecular formula is C17H22N4O5S2. The summed E-state index contributed by atoms with van der Waals surface area (Å²) in [5.41, 5.74) is 0. The summed E-state index contributed by atoms with van der Waals surface area (Å²) in [4.78, 5) is 6.23. The quantitative estimate of drug-likeness (QED) is 0.667. The van der Waals surface area contributed by atoms with Crippen molar-refractivity contribution in [3.05, 3.63) is 48.8 Å². The molecule has 1 saturated heterocycles. The highest BCUT2D eigenvalue weighted by atomic mass is 32.2. The molecule has 11 heteroatoms. The number of hydrogen-bond acceptors (Lipinski definition) is 7. The lowest BCUT2D eigenvalue weighted by atomic mass is 10.3. The van der Waals surface area contributed by atoms with Crippen LogP contribution in [0.3, 0.4) is 0 Å². The summed E-state index contributed by atoms with van der Waals surface area (Å²) in [6, 6.07) is 9.05. The highest BCUT2D eigenvalue weighted by Crippen LogP contribution is 2.17. The summed E-state index contributed by atoms with van der Waals surface area (Å²) < 4.78 is 54.7. The first-order valence-electron chi connectivity index (χ1n) is 8.65. The minimum atomic E-state index is -3.72. The van der Waals surface area contributed by atoms with Crippen LogP contribution in [-0.2, 0) is 20.0 Å². The van der Waals surface area contributed by atoms with Crippen LogP contribution >= 0.6 is 0 Å². The predicted octanol–water partition coefficient (Wildman–Crippen LogP) is 0.114. The Morgan fingerprint density at radius 1 is 0.964 bits per heavy atom. The van der Waals surface area contributed by atoms with Gasteiger partial charge >= 0.3 is 0 Å². The van der Waals surface area contributed by atoms with Crippen LogP contribution in [0, 0.1) is 0 Å². The first-order valence-corrected chi connectivity index (χ1v) is 11.6. The van der Waals surface area contributed by atoms with E-state index in [1.54, 1.807) is 30.5 Å². The number of hydrogen-bond donors (Lipinski definition) is 1. The van der Waals surface area contributed by atoms with Gasteiger partial charge in [-0.15, -0.1) is 0 Å². The minimum Gasteiger partial charge on any atom is -0.492 e. The molecule has 0 unspecified atom stereocenters. The number of piperazine rings is 1. The summed E-state index contributed by atoms with van der Waals surface area (Å²) in [6.45, 7) is 3.06. The maximum absolute atomic E-state index is 12.6. The Morgan fingerprint density at radius 3 is 2.21 bits per heavy atom. The first kappa shape index (κ1) is 20.7. The number of nitrogens with zero attached hydrogens (tertiary/aromatic N) is 3. The number of sulfonamides is 2. The van der Waals surface area contributed by atoms with Crippen molar-refractivity contribution >= 4 is 20.0 Å². The Hall–Kier alpha value is -2.05. The van der Waals surface area contributed by atoms with Crippen molar-refractivity contribution in [1.29, 1.82) is 0 Å². The molecule has 0 aliphatic carbocycles. The van der Waals surface area contributed by atoms with Crippen molar-refractivity contribution in [2.24, 2.45) is 5.14 Å². The molecule has 28 heavy (non-hydrogen) atoms. The Bertz CT molecular complexity index is 988. The van der Waals surface area contributed by atoms with Crippen molar-refractivity contribution < 1.29 is 21.6 Å². The van der Waals surface area contributed by atoms with E-state index >= 15 is 0 Å². The zero-order valence-electron chi connectivity index (χ0n) is 15.1. The first-order chi connectivity index (χ1) is 13.3. The summed E-state index contributed by atoms with van der Waals surface area (Å²) in [5.74, 6) is 0.546. The fraction of sp³-hybridized carbons (Fsp3) is 0.353. The van der Waals surface area contributed by atoms with E-state index in [1.807, 2.05) is 0 Å². The third-order valence-corrected chi connectivity index (χ3v) is 7.24. The molecule has 1 aromatic heterocycles. The number of aromatic nitrogens is 1. The highest BCUT2D eigenvalue weighted by molar-refractivity contribution is 7.89. The number of rotatable bonds is 7. The van der Waals surface area contributed by atoms with Crippen LogP contribution in [0.15, 0.2) is 58.6 Å². The van der Waals surface area contributed by atoms with Crippen LogP contribution in [-0.4, -0.2) is 70.4 Å². The second-order valence-electron chi connectivity index (χ2n) is 6.30. The smallest absolute Gasteiger partial charge is 0.244 e. The van der Waals surface area contributed by atoms with Gasteiger partial charge in [0.2, 0.25) is 20.0 Å². The third kappa shape index (κ3) is 5.06. The van der Waals surface area contributed by atoms with Crippen molar-refractivity contribution in [2.45, 2.75) is 9.79 Å². The predicted molar refractivity (Wildman–Crippen MR) is 103 cm³/mol. The van der Waals surface area contributed by atoms with E-state index in [1.165, 1.54) is 22.6 Å². The average Bonchev–Trinajstić information content (AvgIpc) is 2.69.